The van der Waals surface area contributed by atoms with E-state index in [0.717, 1.165) is 34.5 Å². The maximum absolute atomic E-state index is 12.4. The van der Waals surface area contributed by atoms with Crippen LogP contribution in [0.25, 0.3) is 16.6 Å². The number of anilines is 2. The Morgan fingerprint density at radius 3 is 2.90 bits per heavy atom. The largest absolute Gasteiger partial charge is 0.495 e. The molecule has 0 saturated carbocycles. The Hall–Kier alpha value is -3.19. The molecule has 1 aliphatic rings. The number of H-pyrrole nitrogens is 1. The van der Waals surface area contributed by atoms with Crippen molar-refractivity contribution in [2.75, 3.05) is 39.1 Å². The summed E-state index contributed by atoms with van der Waals surface area (Å²) in [6, 6.07) is 9.70. The minimum absolute atomic E-state index is 0.0704. The number of benzene rings is 1. The van der Waals surface area contributed by atoms with Crippen LogP contribution in [0.1, 0.15) is 19.0 Å². The number of nitrogens with zero attached hydrogens (tertiary/aromatic N) is 3. The van der Waals surface area contributed by atoms with Crippen molar-refractivity contribution in [3.05, 3.63) is 53.3 Å². The average molecular weight is 440 g/mol. The van der Waals surface area contributed by atoms with Gasteiger partial charge in [0.25, 0.3) is 0 Å². The van der Waals surface area contributed by atoms with E-state index in [-0.39, 0.29) is 6.03 Å². The van der Waals surface area contributed by atoms with Crippen LogP contribution in [0, 0.1) is 0 Å². The fourth-order valence-electron chi connectivity index (χ4n) is 3.67. The van der Waals surface area contributed by atoms with Crippen LogP contribution < -0.4 is 10.1 Å². The molecule has 0 spiro atoms. The van der Waals surface area contributed by atoms with Crippen molar-refractivity contribution in [2.45, 2.75) is 13.3 Å². The van der Waals surface area contributed by atoms with Crippen LogP contribution in [0.4, 0.5) is 16.2 Å². The maximum Gasteiger partial charge on any atom is 0.320 e. The minimum Gasteiger partial charge on any atom is -0.495 e. The number of fused-ring (bicyclic) bond motifs is 1. The number of urea groups is 1. The highest BCUT2D eigenvalue weighted by Crippen LogP contribution is 2.33. The van der Waals surface area contributed by atoms with Crippen molar-refractivity contribution < 1.29 is 9.53 Å². The summed E-state index contributed by atoms with van der Waals surface area (Å²) >= 11 is 6.14. The maximum atomic E-state index is 12.4. The van der Waals surface area contributed by atoms with Gasteiger partial charge in [0.15, 0.2) is 0 Å². The SMILES string of the molecule is CCN(C)C(=O)N1CC=C(c2cc3c(Nc4ccc(Cl)c(OC)c4)ccnc3[nH]2)CC1. The van der Waals surface area contributed by atoms with Gasteiger partial charge in [-0.2, -0.15) is 0 Å². The van der Waals surface area contributed by atoms with Gasteiger partial charge in [-0.05, 0) is 43.2 Å². The number of halogens is 1. The number of hydrogen-bond donors (Lipinski definition) is 2. The second kappa shape index (κ2) is 8.89. The van der Waals surface area contributed by atoms with E-state index in [2.05, 4.69) is 27.4 Å². The van der Waals surface area contributed by atoms with Crippen molar-refractivity contribution in [3.8, 4) is 5.75 Å². The molecule has 0 atom stereocenters. The van der Waals surface area contributed by atoms with Crippen molar-refractivity contribution in [2.24, 2.45) is 0 Å². The number of ether oxygens (including phenoxy) is 1. The van der Waals surface area contributed by atoms with Crippen LogP contribution in [0.5, 0.6) is 5.75 Å². The van der Waals surface area contributed by atoms with Gasteiger partial charge < -0.3 is 24.8 Å². The van der Waals surface area contributed by atoms with E-state index in [1.165, 1.54) is 5.57 Å². The lowest BCUT2D eigenvalue weighted by atomic mass is 10.0. The molecule has 3 heterocycles. The Morgan fingerprint density at radius 1 is 1.35 bits per heavy atom. The molecule has 2 aromatic heterocycles. The van der Waals surface area contributed by atoms with Gasteiger partial charge in [0.2, 0.25) is 0 Å². The molecule has 0 saturated heterocycles. The highest BCUT2D eigenvalue weighted by molar-refractivity contribution is 6.32. The molecule has 2 N–H and O–H groups in total. The highest BCUT2D eigenvalue weighted by Gasteiger charge is 2.21. The number of carbonyl (C=O) groups excluding carboxylic acids is 1. The van der Waals surface area contributed by atoms with Crippen molar-refractivity contribution in [1.82, 2.24) is 19.8 Å². The summed E-state index contributed by atoms with van der Waals surface area (Å²) < 4.78 is 5.31. The lowest BCUT2D eigenvalue weighted by Crippen LogP contribution is -2.43. The molecule has 0 aliphatic carbocycles. The third-order valence-electron chi connectivity index (χ3n) is 5.59. The van der Waals surface area contributed by atoms with Gasteiger partial charge >= 0.3 is 6.03 Å². The average Bonchev–Trinajstić information content (AvgIpc) is 3.25. The first-order valence-corrected chi connectivity index (χ1v) is 10.7. The fourth-order valence-corrected chi connectivity index (χ4v) is 3.86. The third kappa shape index (κ3) is 4.32. The van der Waals surface area contributed by atoms with E-state index < -0.39 is 0 Å². The van der Waals surface area contributed by atoms with E-state index in [1.807, 2.05) is 37.1 Å². The van der Waals surface area contributed by atoms with Crippen LogP contribution in [-0.2, 0) is 0 Å². The van der Waals surface area contributed by atoms with Gasteiger partial charge in [0, 0.05) is 55.7 Å². The fraction of sp³-hybridized carbons (Fsp3) is 0.304. The molecule has 0 fully saturated rings. The van der Waals surface area contributed by atoms with E-state index in [0.29, 0.717) is 30.4 Å². The second-order valence-corrected chi connectivity index (χ2v) is 7.91. The van der Waals surface area contributed by atoms with Gasteiger partial charge in [-0.1, -0.05) is 17.7 Å². The summed E-state index contributed by atoms with van der Waals surface area (Å²) in [7, 11) is 3.43. The highest BCUT2D eigenvalue weighted by atomic mass is 35.5. The van der Waals surface area contributed by atoms with E-state index in [1.54, 1.807) is 24.3 Å². The summed E-state index contributed by atoms with van der Waals surface area (Å²) in [6.07, 6.45) is 4.69. The van der Waals surface area contributed by atoms with Crippen LogP contribution in [0.15, 0.2) is 42.6 Å². The zero-order valence-corrected chi connectivity index (χ0v) is 18.7. The molecule has 1 aromatic carbocycles. The molecule has 3 aromatic rings. The first kappa shape index (κ1) is 21.1. The lowest BCUT2D eigenvalue weighted by molar-refractivity contribution is 0.169. The van der Waals surface area contributed by atoms with Crippen LogP contribution >= 0.6 is 11.6 Å². The molecule has 0 radical (unpaired) electrons. The predicted molar refractivity (Wildman–Crippen MR) is 125 cm³/mol. The molecular formula is C23H26ClN5O2. The Morgan fingerprint density at radius 2 is 2.19 bits per heavy atom. The summed E-state index contributed by atoms with van der Waals surface area (Å²) in [5, 5.41) is 4.99. The Balaban J connectivity index is 1.57. The molecule has 162 valence electrons. The molecule has 0 bridgehead atoms. The second-order valence-electron chi connectivity index (χ2n) is 7.50. The molecule has 1 aliphatic heterocycles. The van der Waals surface area contributed by atoms with Crippen molar-refractivity contribution in [3.63, 3.8) is 0 Å². The van der Waals surface area contributed by atoms with Gasteiger partial charge in [-0.15, -0.1) is 0 Å². The number of aromatic nitrogens is 2. The van der Waals surface area contributed by atoms with Crippen LogP contribution in [0.2, 0.25) is 5.02 Å². The van der Waals surface area contributed by atoms with Gasteiger partial charge in [0.1, 0.15) is 11.4 Å². The number of rotatable bonds is 5. The number of hydrogen-bond acceptors (Lipinski definition) is 4. The molecule has 4 rings (SSSR count). The summed E-state index contributed by atoms with van der Waals surface area (Å²) in [5.41, 5.74) is 4.85. The minimum atomic E-state index is 0.0704. The summed E-state index contributed by atoms with van der Waals surface area (Å²) in [6.45, 7) is 3.99. The summed E-state index contributed by atoms with van der Waals surface area (Å²) in [4.78, 5) is 23.9. The molecule has 2 amide bonds. The molecule has 7 nitrogen and oxygen atoms in total. The molecule has 8 heteroatoms. The predicted octanol–water partition coefficient (Wildman–Crippen LogP) is 5.13. The van der Waals surface area contributed by atoms with Crippen LogP contribution in [-0.4, -0.2) is 59.6 Å². The summed E-state index contributed by atoms with van der Waals surface area (Å²) in [5.74, 6) is 0.618. The molecular weight excluding hydrogens is 414 g/mol. The topological polar surface area (TPSA) is 73.5 Å². The number of amides is 2. The lowest BCUT2D eigenvalue weighted by Gasteiger charge is -2.30. The zero-order chi connectivity index (χ0) is 22.0. The van der Waals surface area contributed by atoms with Crippen molar-refractivity contribution in [1.29, 1.82) is 0 Å². The Kier molecular flexibility index (Phi) is 6.04. The number of nitrogens with one attached hydrogen (secondary N) is 2. The van der Waals surface area contributed by atoms with E-state index in [9.17, 15) is 4.79 Å². The number of pyridine rings is 1. The normalized spacial score (nSPS) is 13.8. The first-order valence-electron chi connectivity index (χ1n) is 10.3. The molecule has 31 heavy (non-hydrogen) atoms. The monoisotopic (exact) mass is 439 g/mol. The van der Waals surface area contributed by atoms with Crippen LogP contribution in [0.3, 0.4) is 0 Å². The standard InChI is InChI=1S/C23H26ClN5O2/c1-4-28(2)23(30)29-11-8-15(9-12-29)20-14-17-19(7-10-25-22(17)27-20)26-16-5-6-18(24)21(13-16)31-3/h5-8,10,13-14H,4,9,11-12H2,1-3H3,(H2,25,26,27). The van der Waals surface area contributed by atoms with Gasteiger partial charge in [-0.3, -0.25) is 0 Å². The smallest absolute Gasteiger partial charge is 0.320 e. The quantitative estimate of drug-likeness (QED) is 0.578. The Labute approximate surface area is 186 Å². The van der Waals surface area contributed by atoms with E-state index >= 15 is 0 Å². The number of carbonyl (C=O) groups is 1. The zero-order valence-electron chi connectivity index (χ0n) is 17.9. The Bertz CT molecular complexity index is 1140. The third-order valence-corrected chi connectivity index (χ3v) is 5.90. The van der Waals surface area contributed by atoms with E-state index in [4.69, 9.17) is 16.3 Å². The van der Waals surface area contributed by atoms with Gasteiger partial charge in [-0.25, -0.2) is 9.78 Å². The first-order chi connectivity index (χ1) is 15.0. The number of aromatic amines is 1. The van der Waals surface area contributed by atoms with Crippen molar-refractivity contribution >= 4 is 45.6 Å². The molecule has 0 unspecified atom stereocenters. The van der Waals surface area contributed by atoms with Gasteiger partial charge in [0.05, 0.1) is 17.8 Å². The number of methoxy groups -OCH3 is 1.